The lowest BCUT2D eigenvalue weighted by molar-refractivity contribution is -0.0320. The van der Waals surface area contributed by atoms with Gasteiger partial charge in [0.1, 0.15) is 5.60 Å². The van der Waals surface area contributed by atoms with Crippen LogP contribution in [-0.2, 0) is 14.2 Å². The first kappa shape index (κ1) is 25.5. The van der Waals surface area contributed by atoms with Crippen molar-refractivity contribution in [2.24, 2.45) is 4.99 Å². The molecule has 0 spiro atoms. The first-order valence-corrected chi connectivity index (χ1v) is 11.0. The molecular weight excluding hydrogens is 372 g/mol. The highest BCUT2D eigenvalue weighted by Gasteiger charge is 2.18. The number of carbonyl (C=O) groups excluding carboxylic acids is 1. The number of nitrogens with zero attached hydrogens (tertiary/aromatic N) is 1. The molecule has 1 aliphatic rings. The molecule has 0 aromatic carbocycles. The smallest absolute Gasteiger partial charge is 0.407 e. The molecule has 0 bridgehead atoms. The molecule has 1 rings (SSSR count). The van der Waals surface area contributed by atoms with E-state index in [4.69, 9.17) is 14.2 Å². The molecule has 1 amide bonds. The molecule has 8 nitrogen and oxygen atoms in total. The van der Waals surface area contributed by atoms with Crippen molar-refractivity contribution in [2.75, 3.05) is 40.0 Å². The lowest BCUT2D eigenvalue weighted by Crippen LogP contribution is -2.49. The number of ether oxygens (including phenoxy) is 3. The van der Waals surface area contributed by atoms with Crippen molar-refractivity contribution in [3.63, 3.8) is 0 Å². The van der Waals surface area contributed by atoms with Gasteiger partial charge in [0.25, 0.3) is 0 Å². The van der Waals surface area contributed by atoms with Gasteiger partial charge in [-0.1, -0.05) is 19.8 Å². The van der Waals surface area contributed by atoms with Crippen molar-refractivity contribution in [2.45, 2.75) is 84.0 Å². The van der Waals surface area contributed by atoms with Crippen LogP contribution in [0.3, 0.4) is 0 Å². The van der Waals surface area contributed by atoms with E-state index in [1.54, 1.807) is 7.05 Å². The van der Waals surface area contributed by atoms with E-state index in [2.05, 4.69) is 27.9 Å². The van der Waals surface area contributed by atoms with Gasteiger partial charge in [0.15, 0.2) is 5.96 Å². The first-order valence-electron chi connectivity index (χ1n) is 11.0. The van der Waals surface area contributed by atoms with Crippen molar-refractivity contribution >= 4 is 12.1 Å². The molecule has 1 aliphatic heterocycles. The second kappa shape index (κ2) is 14.4. The number of amides is 1. The molecule has 0 aromatic heterocycles. The molecule has 1 heterocycles. The summed E-state index contributed by atoms with van der Waals surface area (Å²) in [7, 11) is 1.76. The summed E-state index contributed by atoms with van der Waals surface area (Å²) in [4.78, 5) is 16.2. The minimum absolute atomic E-state index is 0.0900. The highest BCUT2D eigenvalue weighted by atomic mass is 16.6. The number of unbranched alkanes of at least 4 members (excludes halogenated alkanes) is 1. The predicted molar refractivity (Wildman–Crippen MR) is 116 cm³/mol. The van der Waals surface area contributed by atoms with Gasteiger partial charge in [0.05, 0.1) is 6.10 Å². The Morgan fingerprint density at radius 3 is 2.55 bits per heavy atom. The highest BCUT2D eigenvalue weighted by molar-refractivity contribution is 5.80. The van der Waals surface area contributed by atoms with Crippen LogP contribution in [0, 0.1) is 0 Å². The molecule has 0 saturated carbocycles. The van der Waals surface area contributed by atoms with Gasteiger partial charge in [-0.25, -0.2) is 4.79 Å². The maximum absolute atomic E-state index is 11.9. The molecule has 29 heavy (non-hydrogen) atoms. The molecule has 0 aromatic rings. The summed E-state index contributed by atoms with van der Waals surface area (Å²) < 4.78 is 16.6. The van der Waals surface area contributed by atoms with Gasteiger partial charge in [0.2, 0.25) is 0 Å². The molecule has 0 radical (unpaired) electrons. The standard InChI is InChI=1S/C21H42N4O4/c1-6-7-9-17(16-24-20(26)29-21(2,3)4)25-19(22-5)23-12-8-13-28-18-10-14-27-15-11-18/h17-18H,6-16H2,1-5H3,(H,24,26)(H2,22,23,25). The zero-order chi connectivity index (χ0) is 21.5. The van der Waals surface area contributed by atoms with Gasteiger partial charge in [-0.3, -0.25) is 4.99 Å². The fourth-order valence-electron chi connectivity index (χ4n) is 2.96. The van der Waals surface area contributed by atoms with Crippen molar-refractivity contribution in [3.05, 3.63) is 0 Å². The number of nitrogens with one attached hydrogen (secondary N) is 3. The fraction of sp³-hybridized carbons (Fsp3) is 0.905. The van der Waals surface area contributed by atoms with Crippen molar-refractivity contribution in [1.82, 2.24) is 16.0 Å². The zero-order valence-electron chi connectivity index (χ0n) is 19.0. The Kier molecular flexibility index (Phi) is 12.7. The van der Waals surface area contributed by atoms with E-state index in [0.717, 1.165) is 70.8 Å². The summed E-state index contributed by atoms with van der Waals surface area (Å²) in [5.41, 5.74) is -0.499. The monoisotopic (exact) mass is 414 g/mol. The second-order valence-electron chi connectivity index (χ2n) is 8.40. The van der Waals surface area contributed by atoms with E-state index in [9.17, 15) is 4.79 Å². The third-order valence-corrected chi connectivity index (χ3v) is 4.50. The molecule has 1 saturated heterocycles. The molecule has 0 aliphatic carbocycles. The maximum Gasteiger partial charge on any atom is 0.407 e. The van der Waals surface area contributed by atoms with Gasteiger partial charge in [-0.05, 0) is 46.5 Å². The summed E-state index contributed by atoms with van der Waals surface area (Å²) in [6, 6.07) is 0.0900. The van der Waals surface area contributed by atoms with Crippen LogP contribution in [0.5, 0.6) is 0 Å². The summed E-state index contributed by atoms with van der Waals surface area (Å²) in [5, 5.41) is 9.59. The van der Waals surface area contributed by atoms with Gasteiger partial charge < -0.3 is 30.2 Å². The molecule has 1 atom stereocenters. The molecule has 170 valence electrons. The van der Waals surface area contributed by atoms with E-state index in [-0.39, 0.29) is 6.04 Å². The van der Waals surface area contributed by atoms with E-state index >= 15 is 0 Å². The van der Waals surface area contributed by atoms with Crippen LogP contribution in [-0.4, -0.2) is 69.8 Å². The summed E-state index contributed by atoms with van der Waals surface area (Å²) in [6.07, 6.45) is 5.94. The number of alkyl carbamates (subject to hydrolysis) is 1. The number of carbonyl (C=O) groups is 1. The highest BCUT2D eigenvalue weighted by Crippen LogP contribution is 2.10. The molecular formula is C21H42N4O4. The third-order valence-electron chi connectivity index (χ3n) is 4.50. The second-order valence-corrected chi connectivity index (χ2v) is 8.40. The Labute approximate surface area is 176 Å². The molecule has 3 N–H and O–H groups in total. The number of guanidine groups is 1. The van der Waals surface area contributed by atoms with Gasteiger partial charge in [0, 0.05) is 46.0 Å². The Bertz CT molecular complexity index is 474. The summed E-state index contributed by atoms with van der Waals surface area (Å²) >= 11 is 0. The quantitative estimate of drug-likeness (QED) is 0.273. The molecule has 1 unspecified atom stereocenters. The van der Waals surface area contributed by atoms with E-state index in [1.807, 2.05) is 20.8 Å². The summed E-state index contributed by atoms with van der Waals surface area (Å²) in [6.45, 7) is 11.3. The van der Waals surface area contributed by atoms with Gasteiger partial charge in [-0.15, -0.1) is 0 Å². The number of aliphatic imine (C=N–C) groups is 1. The average molecular weight is 415 g/mol. The minimum Gasteiger partial charge on any atom is -0.444 e. The Balaban J connectivity index is 2.31. The molecule has 8 heteroatoms. The van der Waals surface area contributed by atoms with Crippen molar-refractivity contribution in [3.8, 4) is 0 Å². The fourth-order valence-corrected chi connectivity index (χ4v) is 2.96. The van der Waals surface area contributed by atoms with Crippen LogP contribution in [0.1, 0.15) is 66.2 Å². The van der Waals surface area contributed by atoms with Gasteiger partial charge >= 0.3 is 6.09 Å². The maximum atomic E-state index is 11.9. The van der Waals surface area contributed by atoms with E-state index in [1.165, 1.54) is 0 Å². The topological polar surface area (TPSA) is 93.2 Å². The number of hydrogen-bond donors (Lipinski definition) is 3. The SMILES string of the molecule is CCCCC(CNC(=O)OC(C)(C)C)NC(=NC)NCCCOC1CCOCC1. The van der Waals surface area contributed by atoms with Crippen molar-refractivity contribution < 1.29 is 19.0 Å². The Morgan fingerprint density at radius 2 is 1.93 bits per heavy atom. The van der Waals surface area contributed by atoms with Gasteiger partial charge in [-0.2, -0.15) is 0 Å². The van der Waals surface area contributed by atoms with Crippen molar-refractivity contribution in [1.29, 1.82) is 0 Å². The zero-order valence-corrected chi connectivity index (χ0v) is 19.0. The average Bonchev–Trinajstić information content (AvgIpc) is 2.68. The van der Waals surface area contributed by atoms with Crippen LogP contribution in [0.4, 0.5) is 4.79 Å². The number of hydrogen-bond acceptors (Lipinski definition) is 5. The Morgan fingerprint density at radius 1 is 1.21 bits per heavy atom. The van der Waals surface area contributed by atoms with E-state index < -0.39 is 11.7 Å². The van der Waals surface area contributed by atoms with Crippen LogP contribution in [0.25, 0.3) is 0 Å². The minimum atomic E-state index is -0.499. The van der Waals surface area contributed by atoms with Crippen LogP contribution in [0.2, 0.25) is 0 Å². The van der Waals surface area contributed by atoms with Crippen LogP contribution < -0.4 is 16.0 Å². The van der Waals surface area contributed by atoms with E-state index in [0.29, 0.717) is 12.6 Å². The lowest BCUT2D eigenvalue weighted by atomic mass is 10.1. The van der Waals surface area contributed by atoms with Crippen LogP contribution >= 0.6 is 0 Å². The summed E-state index contributed by atoms with van der Waals surface area (Å²) in [5.74, 6) is 0.739. The first-order chi connectivity index (χ1) is 13.8. The van der Waals surface area contributed by atoms with Crippen LogP contribution in [0.15, 0.2) is 4.99 Å². The number of rotatable bonds is 11. The normalized spacial score (nSPS) is 16.9. The Hall–Kier alpha value is -1.54. The lowest BCUT2D eigenvalue weighted by Gasteiger charge is -2.24. The predicted octanol–water partition coefficient (Wildman–Crippen LogP) is 2.82. The molecule has 1 fully saturated rings. The largest absolute Gasteiger partial charge is 0.444 e. The third kappa shape index (κ3) is 13.3.